The molecule has 0 saturated carbocycles. The van der Waals surface area contributed by atoms with Gasteiger partial charge in [0.2, 0.25) is 5.78 Å². The number of hydrogen-bond acceptors (Lipinski definition) is 5. The maximum absolute atomic E-state index is 13.5. The third-order valence-corrected chi connectivity index (χ3v) is 3.74. The van der Waals surface area contributed by atoms with Crippen LogP contribution in [0.4, 0.5) is 4.39 Å². The molecule has 0 amide bonds. The van der Waals surface area contributed by atoms with Gasteiger partial charge in [-0.15, -0.1) is 0 Å². The van der Waals surface area contributed by atoms with Crippen LogP contribution in [-0.2, 0) is 16.0 Å². The molecule has 0 spiro atoms. The van der Waals surface area contributed by atoms with Gasteiger partial charge in [-0.1, -0.05) is 12.1 Å². The average molecular weight is 342 g/mol. The van der Waals surface area contributed by atoms with Crippen molar-refractivity contribution in [2.75, 3.05) is 13.7 Å². The van der Waals surface area contributed by atoms with Crippen molar-refractivity contribution in [3.63, 3.8) is 0 Å². The molecule has 0 N–H and O–H groups in total. The van der Waals surface area contributed by atoms with Crippen molar-refractivity contribution in [3.05, 3.63) is 65.7 Å². The minimum absolute atomic E-state index is 0.0517. The van der Waals surface area contributed by atoms with Crippen LogP contribution < -0.4 is 4.74 Å². The van der Waals surface area contributed by atoms with E-state index >= 15 is 0 Å². The summed E-state index contributed by atoms with van der Waals surface area (Å²) >= 11 is 0. The SMILES string of the molecule is COc1ccc2c(CC(=O)OCC(=O)c3ccccc3F)coc2c1. The molecule has 0 bridgehead atoms. The first-order valence-electron chi connectivity index (χ1n) is 7.56. The van der Waals surface area contributed by atoms with E-state index in [1.807, 2.05) is 0 Å². The topological polar surface area (TPSA) is 65.7 Å². The number of rotatable bonds is 6. The van der Waals surface area contributed by atoms with Crippen LogP contribution >= 0.6 is 0 Å². The summed E-state index contributed by atoms with van der Waals surface area (Å²) in [4.78, 5) is 23.9. The quantitative estimate of drug-likeness (QED) is 0.506. The molecule has 1 heterocycles. The highest BCUT2D eigenvalue weighted by Crippen LogP contribution is 2.26. The van der Waals surface area contributed by atoms with Crippen molar-refractivity contribution in [3.8, 4) is 5.75 Å². The fourth-order valence-electron chi connectivity index (χ4n) is 2.45. The second kappa shape index (κ2) is 7.17. The van der Waals surface area contributed by atoms with Gasteiger partial charge in [-0.05, 0) is 24.3 Å². The predicted octanol–water partition coefficient (Wildman–Crippen LogP) is 3.55. The van der Waals surface area contributed by atoms with Gasteiger partial charge in [0.05, 0.1) is 25.4 Å². The van der Waals surface area contributed by atoms with Crippen molar-refractivity contribution >= 4 is 22.7 Å². The Balaban J connectivity index is 1.63. The van der Waals surface area contributed by atoms with Gasteiger partial charge in [0, 0.05) is 17.0 Å². The summed E-state index contributed by atoms with van der Waals surface area (Å²) in [6, 6.07) is 10.8. The van der Waals surface area contributed by atoms with Crippen LogP contribution in [0.3, 0.4) is 0 Å². The Bertz CT molecular complexity index is 928. The second-order valence-corrected chi connectivity index (χ2v) is 5.36. The van der Waals surface area contributed by atoms with Gasteiger partial charge in [-0.25, -0.2) is 4.39 Å². The molecule has 0 aliphatic heterocycles. The fourth-order valence-corrected chi connectivity index (χ4v) is 2.45. The lowest BCUT2D eigenvalue weighted by molar-refractivity contribution is -0.141. The number of carbonyl (C=O) groups is 2. The number of ketones is 1. The van der Waals surface area contributed by atoms with E-state index in [1.54, 1.807) is 31.4 Å². The zero-order valence-corrected chi connectivity index (χ0v) is 13.5. The van der Waals surface area contributed by atoms with E-state index in [-0.39, 0.29) is 12.0 Å². The van der Waals surface area contributed by atoms with Gasteiger partial charge in [0.25, 0.3) is 0 Å². The lowest BCUT2D eigenvalue weighted by Gasteiger charge is -2.05. The van der Waals surface area contributed by atoms with Gasteiger partial charge in [-0.2, -0.15) is 0 Å². The molecule has 6 heteroatoms. The molecule has 3 aromatic rings. The molecule has 5 nitrogen and oxygen atoms in total. The van der Waals surface area contributed by atoms with Crippen molar-refractivity contribution in [1.82, 2.24) is 0 Å². The molecule has 128 valence electrons. The highest BCUT2D eigenvalue weighted by Gasteiger charge is 2.16. The number of hydrogen-bond donors (Lipinski definition) is 0. The van der Waals surface area contributed by atoms with E-state index in [1.165, 1.54) is 24.5 Å². The number of carbonyl (C=O) groups excluding carboxylic acids is 2. The summed E-state index contributed by atoms with van der Waals surface area (Å²) in [6.45, 7) is -0.511. The lowest BCUT2D eigenvalue weighted by atomic mass is 10.1. The molecule has 1 aromatic heterocycles. The largest absolute Gasteiger partial charge is 0.497 e. The summed E-state index contributed by atoms with van der Waals surface area (Å²) in [7, 11) is 1.55. The van der Waals surface area contributed by atoms with E-state index in [9.17, 15) is 14.0 Å². The number of fused-ring (bicyclic) bond motifs is 1. The molecule has 2 aromatic carbocycles. The number of halogens is 1. The summed E-state index contributed by atoms with van der Waals surface area (Å²) < 4.78 is 29.0. The standard InChI is InChI=1S/C19H15FO5/c1-23-13-6-7-14-12(10-24-18(14)9-13)8-19(22)25-11-17(21)15-4-2-3-5-16(15)20/h2-7,9-10H,8,11H2,1H3. The molecule has 25 heavy (non-hydrogen) atoms. The zero-order chi connectivity index (χ0) is 17.8. The number of Topliss-reactive ketones (excluding diaryl/α,β-unsaturated/α-hetero) is 1. The van der Waals surface area contributed by atoms with E-state index in [0.29, 0.717) is 16.9 Å². The van der Waals surface area contributed by atoms with Crippen molar-refractivity contribution in [2.45, 2.75) is 6.42 Å². The molecule has 3 rings (SSSR count). The van der Waals surface area contributed by atoms with Crippen LogP contribution in [0.2, 0.25) is 0 Å². The van der Waals surface area contributed by atoms with Crippen molar-refractivity contribution < 1.29 is 27.9 Å². The smallest absolute Gasteiger partial charge is 0.310 e. The van der Waals surface area contributed by atoms with Gasteiger partial charge in [-0.3, -0.25) is 9.59 Å². The van der Waals surface area contributed by atoms with E-state index in [0.717, 1.165) is 5.39 Å². The Labute approximate surface area is 143 Å². The molecule has 0 unspecified atom stereocenters. The van der Waals surface area contributed by atoms with Crippen LogP contribution in [0.15, 0.2) is 53.1 Å². The first kappa shape index (κ1) is 16.7. The predicted molar refractivity (Wildman–Crippen MR) is 88.2 cm³/mol. The Morgan fingerprint density at radius 2 is 1.96 bits per heavy atom. The van der Waals surface area contributed by atoms with Crippen LogP contribution in [0.1, 0.15) is 15.9 Å². The van der Waals surface area contributed by atoms with Crippen molar-refractivity contribution in [2.24, 2.45) is 0 Å². The number of furan rings is 1. The molecule has 0 aliphatic rings. The Hall–Kier alpha value is -3.15. The summed E-state index contributed by atoms with van der Waals surface area (Å²) in [5.41, 5.74) is 1.13. The minimum Gasteiger partial charge on any atom is -0.497 e. The van der Waals surface area contributed by atoms with Gasteiger partial charge in [0.15, 0.2) is 6.61 Å². The molecule has 0 aliphatic carbocycles. The first-order valence-corrected chi connectivity index (χ1v) is 7.56. The highest BCUT2D eigenvalue weighted by molar-refractivity contribution is 5.98. The third kappa shape index (κ3) is 3.68. The second-order valence-electron chi connectivity index (χ2n) is 5.36. The Morgan fingerprint density at radius 1 is 1.16 bits per heavy atom. The van der Waals surface area contributed by atoms with Crippen LogP contribution in [0.25, 0.3) is 11.0 Å². The molecule has 0 saturated heterocycles. The van der Waals surface area contributed by atoms with E-state index in [4.69, 9.17) is 13.9 Å². The maximum Gasteiger partial charge on any atom is 0.310 e. The van der Waals surface area contributed by atoms with Gasteiger partial charge in [0.1, 0.15) is 17.1 Å². The third-order valence-electron chi connectivity index (χ3n) is 3.74. The minimum atomic E-state index is -0.640. The molecule has 0 fully saturated rings. The summed E-state index contributed by atoms with van der Waals surface area (Å²) in [5.74, 6) is -1.18. The number of benzene rings is 2. The molecule has 0 atom stereocenters. The van der Waals surface area contributed by atoms with Gasteiger partial charge >= 0.3 is 5.97 Å². The van der Waals surface area contributed by atoms with E-state index < -0.39 is 24.2 Å². The molecule has 0 radical (unpaired) electrons. The van der Waals surface area contributed by atoms with Crippen molar-refractivity contribution in [1.29, 1.82) is 0 Å². The zero-order valence-electron chi connectivity index (χ0n) is 13.5. The van der Waals surface area contributed by atoms with Crippen LogP contribution in [-0.4, -0.2) is 25.5 Å². The van der Waals surface area contributed by atoms with Gasteiger partial charge < -0.3 is 13.9 Å². The fraction of sp³-hybridized carbons (Fsp3) is 0.158. The number of ether oxygens (including phenoxy) is 2. The highest BCUT2D eigenvalue weighted by atomic mass is 19.1. The van der Waals surface area contributed by atoms with E-state index in [2.05, 4.69) is 0 Å². The maximum atomic E-state index is 13.5. The molecular formula is C19H15FO5. The summed E-state index contributed by atoms with van der Waals surface area (Å²) in [6.07, 6.45) is 1.41. The Morgan fingerprint density at radius 3 is 2.72 bits per heavy atom. The monoisotopic (exact) mass is 342 g/mol. The van der Waals surface area contributed by atoms with Crippen LogP contribution in [0, 0.1) is 5.82 Å². The molecular weight excluding hydrogens is 327 g/mol. The average Bonchev–Trinajstić information content (AvgIpc) is 3.02. The first-order chi connectivity index (χ1) is 12.1. The summed E-state index contributed by atoms with van der Waals surface area (Å²) in [5, 5.41) is 0.762. The normalized spacial score (nSPS) is 10.6. The number of esters is 1. The number of methoxy groups -OCH3 is 1. The Kier molecular flexibility index (Phi) is 4.79. The van der Waals surface area contributed by atoms with Crippen LogP contribution in [0.5, 0.6) is 5.75 Å². The lowest BCUT2D eigenvalue weighted by Crippen LogP contribution is -2.16.